The van der Waals surface area contributed by atoms with Crippen molar-refractivity contribution in [2.75, 3.05) is 23.7 Å². The summed E-state index contributed by atoms with van der Waals surface area (Å²) < 4.78 is 26.8. The molecule has 2 fully saturated rings. The molecule has 33 heavy (non-hydrogen) atoms. The van der Waals surface area contributed by atoms with Crippen LogP contribution in [0, 0.1) is 11.6 Å². The lowest BCUT2D eigenvalue weighted by atomic mass is 10.0. The largest absolute Gasteiger partial charge is 0.353 e. The Morgan fingerprint density at radius 3 is 2.64 bits per heavy atom. The van der Waals surface area contributed by atoms with Crippen molar-refractivity contribution in [3.8, 4) is 0 Å². The number of anilines is 2. The number of nitrogens with zero attached hydrogens (tertiary/aromatic N) is 1. The highest BCUT2D eigenvalue weighted by Gasteiger charge is 2.43. The van der Waals surface area contributed by atoms with Crippen molar-refractivity contribution < 1.29 is 23.2 Å². The number of amides is 4. The van der Waals surface area contributed by atoms with Crippen LogP contribution >= 0.6 is 0 Å². The van der Waals surface area contributed by atoms with Crippen LogP contribution in [0.15, 0.2) is 48.5 Å². The van der Waals surface area contributed by atoms with Gasteiger partial charge in [-0.05, 0) is 37.1 Å². The number of carbonyl (C=O) groups excluding carboxylic acids is 3. The summed E-state index contributed by atoms with van der Waals surface area (Å²) in [6.07, 6.45) is 1.24. The zero-order valence-electron chi connectivity index (χ0n) is 17.8. The molecule has 2 heterocycles. The van der Waals surface area contributed by atoms with Gasteiger partial charge in [0.1, 0.15) is 11.6 Å². The fourth-order valence-electron chi connectivity index (χ4n) is 4.33. The molecule has 0 aromatic heterocycles. The highest BCUT2D eigenvalue weighted by molar-refractivity contribution is 5.91. The van der Waals surface area contributed by atoms with Crippen molar-refractivity contribution in [1.29, 1.82) is 0 Å². The van der Waals surface area contributed by atoms with Crippen LogP contribution in [0.2, 0.25) is 0 Å². The van der Waals surface area contributed by atoms with Crippen LogP contribution < -0.4 is 21.3 Å². The Hall–Kier alpha value is -3.53. The average Bonchev–Trinajstić information content (AvgIpc) is 3.20. The van der Waals surface area contributed by atoms with Gasteiger partial charge in [-0.2, -0.15) is 0 Å². The second-order valence-corrected chi connectivity index (χ2v) is 8.22. The summed E-state index contributed by atoms with van der Waals surface area (Å²) in [6.45, 7) is 0.857. The molecule has 0 radical (unpaired) electrons. The van der Waals surface area contributed by atoms with E-state index in [1.807, 2.05) is 35.2 Å². The smallest absolute Gasteiger partial charge is 0.319 e. The zero-order chi connectivity index (χ0) is 23.4. The van der Waals surface area contributed by atoms with Crippen molar-refractivity contribution in [2.45, 2.75) is 37.4 Å². The Morgan fingerprint density at radius 1 is 1.09 bits per heavy atom. The summed E-state index contributed by atoms with van der Waals surface area (Å²) in [5, 5.41) is 10.8. The van der Waals surface area contributed by atoms with E-state index in [0.717, 1.165) is 17.8 Å². The fraction of sp³-hybridized carbons (Fsp3) is 0.348. The first-order valence-corrected chi connectivity index (χ1v) is 10.8. The predicted molar refractivity (Wildman–Crippen MR) is 119 cm³/mol. The number of fused-ring (bicyclic) bond motifs is 1. The molecule has 4 amide bonds. The van der Waals surface area contributed by atoms with Gasteiger partial charge >= 0.3 is 6.03 Å². The van der Waals surface area contributed by atoms with Gasteiger partial charge in [-0.25, -0.2) is 13.6 Å². The number of urea groups is 1. The number of rotatable bonds is 6. The number of halogens is 2. The SMILES string of the molecule is O=C(CCC1CNC(=O)C2CC(NC(=O)Nc3ccc(F)cc3F)CN12)Nc1ccccc1. The van der Waals surface area contributed by atoms with Gasteiger partial charge in [-0.3, -0.25) is 14.5 Å². The first-order valence-electron chi connectivity index (χ1n) is 10.8. The molecule has 0 spiro atoms. The number of nitrogens with one attached hydrogen (secondary N) is 4. The van der Waals surface area contributed by atoms with E-state index in [4.69, 9.17) is 0 Å². The molecule has 2 aliphatic rings. The average molecular weight is 457 g/mol. The Kier molecular flexibility index (Phi) is 6.83. The third-order valence-electron chi connectivity index (χ3n) is 5.90. The first-order chi connectivity index (χ1) is 15.9. The third kappa shape index (κ3) is 5.64. The lowest BCUT2D eigenvalue weighted by Crippen LogP contribution is -2.58. The summed E-state index contributed by atoms with van der Waals surface area (Å²) in [6, 6.07) is 10.7. The Balaban J connectivity index is 1.30. The molecule has 2 saturated heterocycles. The standard InChI is InChI=1S/C23H25F2N5O3/c24-14-6-8-19(18(25)10-14)29-23(33)28-16-11-20-22(32)26-12-17(30(20)13-16)7-9-21(31)27-15-4-2-1-3-5-15/h1-6,8,10,16-17,20H,7,9,11-13H2,(H,26,32)(H,27,31)(H2,28,29,33). The maximum Gasteiger partial charge on any atom is 0.319 e. The van der Waals surface area contributed by atoms with E-state index in [9.17, 15) is 23.2 Å². The Labute approximate surface area is 189 Å². The molecule has 8 nitrogen and oxygen atoms in total. The maximum atomic E-state index is 13.8. The normalized spacial score (nSPS) is 22.2. The van der Waals surface area contributed by atoms with Gasteiger partial charge in [-0.1, -0.05) is 18.2 Å². The van der Waals surface area contributed by atoms with Crippen molar-refractivity contribution in [1.82, 2.24) is 15.5 Å². The van der Waals surface area contributed by atoms with Gasteiger partial charge in [0.05, 0.1) is 11.7 Å². The summed E-state index contributed by atoms with van der Waals surface area (Å²) in [4.78, 5) is 39.0. The van der Waals surface area contributed by atoms with Gasteiger partial charge in [0.2, 0.25) is 11.8 Å². The summed E-state index contributed by atoms with van der Waals surface area (Å²) in [5.41, 5.74) is 0.594. The lowest BCUT2D eigenvalue weighted by Gasteiger charge is -2.37. The van der Waals surface area contributed by atoms with Crippen LogP contribution in [0.1, 0.15) is 19.3 Å². The highest BCUT2D eigenvalue weighted by Crippen LogP contribution is 2.26. The minimum atomic E-state index is -0.873. The van der Waals surface area contributed by atoms with Crippen molar-refractivity contribution >= 4 is 29.2 Å². The predicted octanol–water partition coefficient (Wildman–Crippen LogP) is 2.45. The van der Waals surface area contributed by atoms with Crippen LogP contribution in [-0.2, 0) is 9.59 Å². The molecule has 4 N–H and O–H groups in total. The van der Waals surface area contributed by atoms with E-state index in [2.05, 4.69) is 21.3 Å². The molecule has 2 aromatic rings. The number of hydrogen-bond donors (Lipinski definition) is 4. The van der Waals surface area contributed by atoms with Crippen LogP contribution in [0.5, 0.6) is 0 Å². The number of piperazine rings is 1. The molecular formula is C23H25F2N5O3. The highest BCUT2D eigenvalue weighted by atomic mass is 19.1. The van der Waals surface area contributed by atoms with Crippen LogP contribution in [0.3, 0.4) is 0 Å². The lowest BCUT2D eigenvalue weighted by molar-refractivity contribution is -0.129. The van der Waals surface area contributed by atoms with Crippen LogP contribution in [-0.4, -0.2) is 54.0 Å². The van der Waals surface area contributed by atoms with Gasteiger partial charge in [0.15, 0.2) is 0 Å². The molecule has 3 unspecified atom stereocenters. The number of benzene rings is 2. The quantitative estimate of drug-likeness (QED) is 0.535. The minimum absolute atomic E-state index is 0.0429. The molecule has 0 bridgehead atoms. The summed E-state index contributed by atoms with van der Waals surface area (Å²) >= 11 is 0. The minimum Gasteiger partial charge on any atom is -0.353 e. The number of para-hydroxylation sites is 1. The molecule has 2 aromatic carbocycles. The number of carbonyl (C=O) groups is 3. The van der Waals surface area contributed by atoms with E-state index in [1.165, 1.54) is 0 Å². The number of hydrogen-bond acceptors (Lipinski definition) is 4. The van der Waals surface area contributed by atoms with Gasteiger partial charge in [0, 0.05) is 43.3 Å². The van der Waals surface area contributed by atoms with Gasteiger partial charge < -0.3 is 21.3 Å². The third-order valence-corrected chi connectivity index (χ3v) is 5.90. The second-order valence-electron chi connectivity index (χ2n) is 8.22. The molecule has 0 aliphatic carbocycles. The van der Waals surface area contributed by atoms with Gasteiger partial charge in [0.25, 0.3) is 0 Å². The fourth-order valence-corrected chi connectivity index (χ4v) is 4.33. The molecular weight excluding hydrogens is 432 g/mol. The molecule has 0 saturated carbocycles. The Bertz CT molecular complexity index is 1040. The summed E-state index contributed by atoms with van der Waals surface area (Å²) in [5.74, 6) is -1.83. The van der Waals surface area contributed by atoms with Crippen molar-refractivity contribution in [2.24, 2.45) is 0 Å². The van der Waals surface area contributed by atoms with E-state index in [-0.39, 0.29) is 29.6 Å². The van der Waals surface area contributed by atoms with E-state index < -0.39 is 23.7 Å². The van der Waals surface area contributed by atoms with Gasteiger partial charge in [-0.15, -0.1) is 0 Å². The van der Waals surface area contributed by atoms with E-state index in [0.29, 0.717) is 38.4 Å². The molecule has 10 heteroatoms. The van der Waals surface area contributed by atoms with Crippen molar-refractivity contribution in [3.63, 3.8) is 0 Å². The van der Waals surface area contributed by atoms with E-state index in [1.54, 1.807) is 0 Å². The second kappa shape index (κ2) is 9.95. The van der Waals surface area contributed by atoms with Crippen molar-refractivity contribution in [3.05, 3.63) is 60.2 Å². The molecule has 3 atom stereocenters. The Morgan fingerprint density at radius 2 is 1.88 bits per heavy atom. The molecule has 174 valence electrons. The molecule has 2 aliphatic heterocycles. The zero-order valence-corrected chi connectivity index (χ0v) is 17.8. The monoisotopic (exact) mass is 457 g/mol. The van der Waals surface area contributed by atoms with Crippen LogP contribution in [0.4, 0.5) is 25.0 Å². The topological polar surface area (TPSA) is 103 Å². The first kappa shape index (κ1) is 22.7. The maximum absolute atomic E-state index is 13.8. The van der Waals surface area contributed by atoms with E-state index >= 15 is 0 Å². The van der Waals surface area contributed by atoms with Crippen LogP contribution in [0.25, 0.3) is 0 Å². The molecule has 4 rings (SSSR count). The summed E-state index contributed by atoms with van der Waals surface area (Å²) in [7, 11) is 0.